The lowest BCUT2D eigenvalue weighted by molar-refractivity contribution is 0.352. The lowest BCUT2D eigenvalue weighted by Crippen LogP contribution is -1.65. The normalized spacial score (nSPS) is 9.56. The predicted octanol–water partition coefficient (Wildman–Crippen LogP) is 3.25. The topological polar surface area (TPSA) is 19.9 Å². The zero-order valence-corrected chi connectivity index (χ0v) is 6.74. The summed E-state index contributed by atoms with van der Waals surface area (Å²) >= 11 is 8.60. The van der Waals surface area contributed by atoms with Crippen LogP contribution in [0.2, 0.25) is 5.02 Å². The third kappa shape index (κ3) is 1.60. The van der Waals surface area contributed by atoms with Crippen LogP contribution in [0.3, 0.4) is 0 Å². The molecule has 0 aliphatic rings. The maximum absolute atomic E-state index is 10.7. The largest absolute Gasteiger partial charge is 0.289 e. The van der Waals surface area contributed by atoms with Crippen molar-refractivity contribution >= 4 is 27.5 Å². The molecule has 0 spiro atoms. The van der Waals surface area contributed by atoms with E-state index in [-0.39, 0.29) is 5.75 Å². The van der Waals surface area contributed by atoms with Gasteiger partial charge in [0, 0.05) is 5.02 Å². The minimum Gasteiger partial charge on any atom is -0.289 e. The molecule has 47 valence electrons. The van der Waals surface area contributed by atoms with E-state index < -0.39 is 0 Å². The van der Waals surface area contributed by atoms with Crippen LogP contribution in [-0.2, 0) is 5.11 Å². The molecule has 1 radical (unpaired) electrons. The van der Waals surface area contributed by atoms with Crippen molar-refractivity contribution in [1.82, 2.24) is 0 Å². The highest BCUT2D eigenvalue weighted by Gasteiger charge is 1.97. The third-order valence-electron chi connectivity index (χ3n) is 0.894. The van der Waals surface area contributed by atoms with Gasteiger partial charge in [-0.15, -0.1) is 0 Å². The molecule has 3 heteroatoms. The second-order valence-electron chi connectivity index (χ2n) is 1.57. The molecule has 0 unspecified atom stereocenters. The standard InChI is InChI=1S/C6H3BrClO/c7-5-3-4(8)1-2-6(5)9/h1-3H. The fourth-order valence-electron chi connectivity index (χ4n) is 0.475. The van der Waals surface area contributed by atoms with Crippen molar-refractivity contribution in [2.24, 2.45) is 0 Å². The first-order valence-corrected chi connectivity index (χ1v) is 3.49. The number of rotatable bonds is 0. The van der Waals surface area contributed by atoms with E-state index in [1.807, 2.05) is 0 Å². The highest BCUT2D eigenvalue weighted by Crippen LogP contribution is 2.26. The van der Waals surface area contributed by atoms with Gasteiger partial charge in [0.1, 0.15) is 0 Å². The third-order valence-corrected chi connectivity index (χ3v) is 1.75. The first-order valence-electron chi connectivity index (χ1n) is 2.32. The zero-order chi connectivity index (χ0) is 6.85. The summed E-state index contributed by atoms with van der Waals surface area (Å²) in [6.07, 6.45) is 0. The molecule has 0 N–H and O–H groups in total. The van der Waals surface area contributed by atoms with Gasteiger partial charge >= 0.3 is 0 Å². The molecule has 0 fully saturated rings. The van der Waals surface area contributed by atoms with Crippen LogP contribution in [0.5, 0.6) is 5.75 Å². The van der Waals surface area contributed by atoms with Crippen LogP contribution >= 0.6 is 27.5 Å². The van der Waals surface area contributed by atoms with Gasteiger partial charge in [0.2, 0.25) is 0 Å². The Bertz CT molecular complexity index is 224. The average Bonchev–Trinajstić information content (AvgIpc) is 1.80. The SMILES string of the molecule is [O]c1ccc(Cl)cc1Br. The quantitative estimate of drug-likeness (QED) is 0.621. The maximum atomic E-state index is 10.7. The van der Waals surface area contributed by atoms with Crippen LogP contribution < -0.4 is 0 Å². The van der Waals surface area contributed by atoms with Gasteiger partial charge in [-0.25, -0.2) is 0 Å². The summed E-state index contributed by atoms with van der Waals surface area (Å²) in [6.45, 7) is 0. The summed E-state index contributed by atoms with van der Waals surface area (Å²) in [6, 6.07) is 4.56. The Kier molecular flexibility index (Phi) is 1.98. The van der Waals surface area contributed by atoms with Gasteiger partial charge in [-0.2, -0.15) is 0 Å². The lowest BCUT2D eigenvalue weighted by Gasteiger charge is -1.90. The van der Waals surface area contributed by atoms with Crippen LogP contribution in [0, 0.1) is 0 Å². The molecule has 9 heavy (non-hydrogen) atoms. The van der Waals surface area contributed by atoms with E-state index in [9.17, 15) is 5.11 Å². The van der Waals surface area contributed by atoms with E-state index >= 15 is 0 Å². The van der Waals surface area contributed by atoms with Gasteiger partial charge in [-0.1, -0.05) is 11.6 Å². The molecule has 1 aromatic rings. The van der Waals surface area contributed by atoms with Crippen molar-refractivity contribution in [2.45, 2.75) is 0 Å². The van der Waals surface area contributed by atoms with Gasteiger partial charge in [0.25, 0.3) is 0 Å². The molecule has 0 aliphatic carbocycles. The van der Waals surface area contributed by atoms with E-state index in [1.165, 1.54) is 6.07 Å². The van der Waals surface area contributed by atoms with Crippen molar-refractivity contribution in [2.75, 3.05) is 0 Å². The zero-order valence-electron chi connectivity index (χ0n) is 4.40. The van der Waals surface area contributed by atoms with Gasteiger partial charge in [-0.3, -0.25) is 5.11 Å². The minimum atomic E-state index is -0.0422. The van der Waals surface area contributed by atoms with Gasteiger partial charge in [0.05, 0.1) is 4.47 Å². The van der Waals surface area contributed by atoms with Crippen molar-refractivity contribution in [3.05, 3.63) is 27.7 Å². The van der Waals surface area contributed by atoms with Crippen molar-refractivity contribution in [3.8, 4) is 5.75 Å². The first-order chi connectivity index (χ1) is 4.20. The van der Waals surface area contributed by atoms with Crippen molar-refractivity contribution in [3.63, 3.8) is 0 Å². The van der Waals surface area contributed by atoms with Crippen molar-refractivity contribution in [1.29, 1.82) is 0 Å². The molecule has 1 rings (SSSR count). The molecular weight excluding hydrogens is 203 g/mol. The fraction of sp³-hybridized carbons (Fsp3) is 0. The second-order valence-corrected chi connectivity index (χ2v) is 2.87. The smallest absolute Gasteiger partial charge is 0.192 e. The fourth-order valence-corrected chi connectivity index (χ4v) is 1.16. The average molecular weight is 206 g/mol. The summed E-state index contributed by atoms with van der Waals surface area (Å²) in [5.41, 5.74) is 0. The van der Waals surface area contributed by atoms with Crippen LogP contribution in [0.4, 0.5) is 0 Å². The van der Waals surface area contributed by atoms with Gasteiger partial charge in [0.15, 0.2) is 5.75 Å². The van der Waals surface area contributed by atoms with E-state index in [4.69, 9.17) is 11.6 Å². The Balaban J connectivity index is 3.17. The Morgan fingerprint density at radius 2 is 2.11 bits per heavy atom. The Hall–Kier alpha value is -0.210. The maximum Gasteiger partial charge on any atom is 0.192 e. The number of halogens is 2. The monoisotopic (exact) mass is 205 g/mol. The molecular formula is C6H3BrClO. The molecule has 0 bridgehead atoms. The lowest BCUT2D eigenvalue weighted by atomic mass is 10.3. The second kappa shape index (κ2) is 2.58. The van der Waals surface area contributed by atoms with Gasteiger partial charge < -0.3 is 0 Å². The molecule has 1 nitrogen and oxygen atoms in total. The highest BCUT2D eigenvalue weighted by atomic mass is 79.9. The van der Waals surface area contributed by atoms with Crippen LogP contribution in [0.1, 0.15) is 0 Å². The molecule has 0 heterocycles. The molecule has 0 saturated heterocycles. The summed E-state index contributed by atoms with van der Waals surface area (Å²) in [5.74, 6) is -0.0422. The predicted molar refractivity (Wildman–Crippen MR) is 39.3 cm³/mol. The minimum absolute atomic E-state index is 0.0422. The molecule has 1 aromatic carbocycles. The highest BCUT2D eigenvalue weighted by molar-refractivity contribution is 9.10. The van der Waals surface area contributed by atoms with E-state index in [0.717, 1.165) is 0 Å². The molecule has 0 amide bonds. The molecule has 0 aromatic heterocycles. The van der Waals surface area contributed by atoms with E-state index in [0.29, 0.717) is 9.50 Å². The van der Waals surface area contributed by atoms with E-state index in [2.05, 4.69) is 15.9 Å². The van der Waals surface area contributed by atoms with E-state index in [1.54, 1.807) is 12.1 Å². The Labute approximate surface area is 66.4 Å². The van der Waals surface area contributed by atoms with Crippen LogP contribution in [0.15, 0.2) is 22.7 Å². The van der Waals surface area contributed by atoms with Gasteiger partial charge in [-0.05, 0) is 34.1 Å². The van der Waals surface area contributed by atoms with Crippen LogP contribution in [0.25, 0.3) is 0 Å². The summed E-state index contributed by atoms with van der Waals surface area (Å²) < 4.78 is 0.509. The summed E-state index contributed by atoms with van der Waals surface area (Å²) in [5, 5.41) is 11.2. The number of hydrogen-bond donors (Lipinski definition) is 0. The molecule has 0 atom stereocenters. The molecule has 0 aliphatic heterocycles. The number of benzene rings is 1. The Morgan fingerprint density at radius 3 is 2.56 bits per heavy atom. The molecule has 0 saturated carbocycles. The number of hydrogen-bond acceptors (Lipinski definition) is 0. The summed E-state index contributed by atoms with van der Waals surface area (Å²) in [7, 11) is 0. The summed E-state index contributed by atoms with van der Waals surface area (Å²) in [4.78, 5) is 0. The van der Waals surface area contributed by atoms with Crippen molar-refractivity contribution < 1.29 is 5.11 Å². The van der Waals surface area contributed by atoms with Crippen LogP contribution in [-0.4, -0.2) is 0 Å². The first kappa shape index (κ1) is 6.90. The Morgan fingerprint density at radius 1 is 1.44 bits per heavy atom.